The zero-order valence-electron chi connectivity index (χ0n) is 68.6. The van der Waals surface area contributed by atoms with Crippen molar-refractivity contribution in [1.82, 2.24) is 0 Å². The van der Waals surface area contributed by atoms with E-state index in [1.807, 2.05) is 204 Å². The van der Waals surface area contributed by atoms with Crippen LogP contribution in [-0.2, 0) is 0 Å². The van der Waals surface area contributed by atoms with Crippen molar-refractivity contribution in [3.05, 3.63) is 371 Å². The number of nitrogens with one attached hydrogen (secondary N) is 8. The van der Waals surface area contributed by atoms with Gasteiger partial charge in [-0.2, -0.15) is 0 Å². The molecule has 0 aliphatic heterocycles. The average Bonchev–Trinajstić information content (AvgIpc) is 0.807. The molecule has 3 aromatic heterocycles. The molecule has 0 aliphatic rings. The molecule has 0 aliphatic carbocycles. The van der Waals surface area contributed by atoms with Crippen LogP contribution in [0, 0.1) is 41.5 Å². The fraction of sp³-hybridized carbons (Fsp3) is 0.0652. The van der Waals surface area contributed by atoms with Crippen LogP contribution < -0.4 is 80.8 Å². The molecule has 0 saturated heterocycles. The van der Waals surface area contributed by atoms with Gasteiger partial charge in [-0.05, 0) is 124 Å². The molecule has 8 N–H and O–H groups in total. The molecule has 116 heavy (non-hydrogen) atoms. The monoisotopic (exact) mass is 1480 g/mol. The summed E-state index contributed by atoms with van der Waals surface area (Å²) in [5, 5.41) is 94.8. The van der Waals surface area contributed by atoms with Crippen molar-refractivity contribution >= 4 is 243 Å². The molecule has 12 aromatic carbocycles. The van der Waals surface area contributed by atoms with Gasteiger partial charge in [-0.3, -0.25) is 0 Å². The molecule has 24 heteroatoms. The Labute approximate surface area is 774 Å². The largest absolute Gasteiger partial charge is 1.00 e. The second-order valence-electron chi connectivity index (χ2n) is 24.7. The molecule has 0 saturated carbocycles. The average molecular weight is 1480 g/mol. The van der Waals surface area contributed by atoms with Gasteiger partial charge in [0, 0.05) is 117 Å². The molecular formula is C92H82Li8N8O8-8. The molecule has 0 amide bonds. The summed E-state index contributed by atoms with van der Waals surface area (Å²) < 4.78 is 0. The number of rotatable bonds is 10. The summed E-state index contributed by atoms with van der Waals surface area (Å²) in [4.78, 5) is 24.6. The first-order valence-corrected chi connectivity index (χ1v) is 34.7. The summed E-state index contributed by atoms with van der Waals surface area (Å²) in [6, 6.07) is 89.9. The number of fused-ring (bicyclic) bond motifs is 3. The van der Waals surface area contributed by atoms with E-state index in [1.54, 1.807) is 147 Å². The Bertz CT molecular complexity index is 5570. The molecule has 554 valence electrons. The number of para-hydroxylation sites is 10. The fourth-order valence-electron chi connectivity index (χ4n) is 10.6. The Morgan fingerprint density at radius 3 is 1.05 bits per heavy atom. The molecule has 3 heterocycles. The van der Waals surface area contributed by atoms with Crippen LogP contribution in [-0.4, -0.2) is 182 Å². The van der Waals surface area contributed by atoms with Crippen LogP contribution in [0.1, 0.15) is 61.3 Å². The van der Waals surface area contributed by atoms with Gasteiger partial charge >= 0.3 is 0 Å². The summed E-state index contributed by atoms with van der Waals surface area (Å²) in [6.07, 6.45) is 12.1. The van der Waals surface area contributed by atoms with Gasteiger partial charge in [-0.1, -0.05) is 216 Å². The van der Waals surface area contributed by atoms with Crippen LogP contribution in [0.15, 0.2) is 310 Å². The van der Waals surface area contributed by atoms with Crippen molar-refractivity contribution in [2.45, 2.75) is 41.5 Å². The number of aryl methyl sites for hydroxylation is 5. The third-order valence-corrected chi connectivity index (χ3v) is 16.7. The predicted molar refractivity (Wildman–Crippen MR) is 458 cm³/mol. The number of hydrogen-bond donors (Lipinski definition) is 5. The number of aromatic amines is 3. The van der Waals surface area contributed by atoms with Gasteiger partial charge in [0.2, 0.25) is 33.6 Å². The molecule has 0 atom stereocenters. The van der Waals surface area contributed by atoms with Gasteiger partial charge in [0.05, 0.1) is 0 Å². The molecule has 15 rings (SSSR count). The number of H-pyrrole nitrogens is 3. The van der Waals surface area contributed by atoms with Crippen molar-refractivity contribution < 1.29 is 80.8 Å². The first-order chi connectivity index (χ1) is 52.4. The maximum absolute atomic E-state index is 11.7. The van der Waals surface area contributed by atoms with Gasteiger partial charge in [0.15, 0.2) is 49.2 Å². The third-order valence-electron chi connectivity index (χ3n) is 16.7. The zero-order chi connectivity index (χ0) is 76.6. The normalized spacial score (nSPS) is 10.1. The Kier molecular flexibility index (Phi) is 49.6. The summed E-state index contributed by atoms with van der Waals surface area (Å²) in [5.74, 6) is 0.207. The summed E-state index contributed by atoms with van der Waals surface area (Å²) in [6.45, 7) is 12.0. The van der Waals surface area contributed by atoms with Crippen LogP contribution in [0.2, 0.25) is 0 Å². The molecule has 0 fully saturated rings. The maximum Gasteiger partial charge on any atom is 0.275 e. The standard InChI is InChI=1S/C20H16N2O2.C15H15NO.C14H13NO.C13H11NO.C11H11NO.C10H9NO.C9H7NO.8Li/c23-19-11-5-1-7-15(19)13-21-17-9-3-4-10-18(17)22-14-16-8-2-6-12-20(16)24;1-11-6-5-8-14(12(11)2)16-10-13-7-3-4-9-15(13)17;1-11-6-8-13(9-7-11)15-10-12-4-2-3-5-14(12)16;15-13-9-5-4-6-11(13)10-14-12-7-2-1-3-8-12;1-7-6-8(2)11(13)10-9(7)4-3-5-12-10;1-7-5-6-8-3-2-4-9(12)10(8)11-7;11-8-5-1-3-7-4-2-6-10-9(7)8;;;;;;;;/h1-14,23-24H;3-10,17H,1-2H3;2-10,16H,1H3;1-10,15H;3-6,13H,1-2H3;2-6,12H,1H3;1-6,11H;;;;;;;;/q;;;;;;;8*-1. The van der Waals surface area contributed by atoms with E-state index in [0.29, 0.717) is 44.4 Å². The van der Waals surface area contributed by atoms with Crippen molar-refractivity contribution in [3.8, 4) is 46.0 Å². The van der Waals surface area contributed by atoms with Gasteiger partial charge in [0.1, 0.15) is 0 Å². The molecule has 0 bridgehead atoms. The van der Waals surface area contributed by atoms with E-state index in [4.69, 9.17) is 0 Å². The number of aromatic nitrogens is 3. The number of pyridine rings is 3. The molecule has 16 nitrogen and oxygen atoms in total. The van der Waals surface area contributed by atoms with Crippen molar-refractivity contribution in [1.29, 1.82) is 0 Å². The van der Waals surface area contributed by atoms with Gasteiger partial charge < -0.3 is 192 Å². The third kappa shape index (κ3) is 32.8. The van der Waals surface area contributed by atoms with Gasteiger partial charge in [-0.25, -0.2) is 39.9 Å². The molecule has 16 radical (unpaired) electrons. The maximum atomic E-state index is 11.7. The smallest absolute Gasteiger partial charge is 0.275 e. The van der Waals surface area contributed by atoms with E-state index in [0.717, 1.165) is 61.4 Å². The topological polar surface area (TPSA) is 297 Å². The SMILES string of the molecule is Cc1cc(C)c2ccc[nH+]c2c1[O-].Cc1ccc([NH+]=Cc2ccccc2[O-])cc1.Cc1ccc2cccc([O-])c2[nH+]1.Cc1cccc([NH+]=Cc2ccccc2[O-])c1C.[Li-].[Li-].[Li-].[Li-].[Li-].[Li-].[Li-].[Li-].[O-]c1cccc2ccc[nH+]c12.[O-]c1ccccc1C=[NH+]c1ccccc1.[O-]c1ccccc1C=[NH+]c1ccccc1[NH+]=Cc1ccccc1[O-]. The van der Waals surface area contributed by atoms with E-state index < -0.39 is 0 Å². The van der Waals surface area contributed by atoms with Crippen molar-refractivity contribution in [2.24, 2.45) is 0 Å². The molecule has 0 unspecified atom stereocenters. The second-order valence-corrected chi connectivity index (χ2v) is 24.7. The zero-order valence-corrected chi connectivity index (χ0v) is 68.6. The first kappa shape index (κ1) is 104. The van der Waals surface area contributed by atoms with E-state index >= 15 is 0 Å². The van der Waals surface area contributed by atoms with Crippen LogP contribution in [0.4, 0.5) is 28.4 Å². The minimum absolute atomic E-state index is 0. The number of benzene rings is 12. The van der Waals surface area contributed by atoms with E-state index in [-0.39, 0.29) is 197 Å². The predicted octanol–water partition coefficient (Wildman–Crippen LogP) is 2.26. The van der Waals surface area contributed by atoms with Crippen LogP contribution in [0.5, 0.6) is 46.0 Å². The van der Waals surface area contributed by atoms with Crippen molar-refractivity contribution in [3.63, 3.8) is 0 Å². The van der Waals surface area contributed by atoms with Gasteiger partial charge in [-0.15, -0.1) is 0 Å². The molecular weight excluding hydrogens is 1400 g/mol. The Balaban J connectivity index is 0.000000677. The first-order valence-electron chi connectivity index (χ1n) is 34.7. The van der Waals surface area contributed by atoms with Crippen LogP contribution in [0.25, 0.3) is 32.7 Å². The Morgan fingerprint density at radius 2 is 0.603 bits per heavy atom. The van der Waals surface area contributed by atoms with Gasteiger partial charge in [0.25, 0.3) is 11.4 Å². The van der Waals surface area contributed by atoms with Crippen LogP contribution >= 0.6 is 0 Å². The summed E-state index contributed by atoms with van der Waals surface area (Å²) in [7, 11) is 0. The summed E-state index contributed by atoms with van der Waals surface area (Å²) >= 11 is 0. The molecule has 15 aromatic rings. The summed E-state index contributed by atoms with van der Waals surface area (Å²) in [5.41, 5.74) is 16.5. The van der Waals surface area contributed by atoms with Crippen molar-refractivity contribution in [2.75, 3.05) is 0 Å². The van der Waals surface area contributed by atoms with E-state index in [2.05, 4.69) is 59.8 Å². The fourth-order valence-corrected chi connectivity index (χ4v) is 10.6. The number of hydrogen-bond acceptors (Lipinski definition) is 8. The van der Waals surface area contributed by atoms with Crippen LogP contribution in [0.3, 0.4) is 0 Å². The minimum atomic E-state index is -0.0396. The Hall–Kier alpha value is -9.60. The Morgan fingerprint density at radius 1 is 0.259 bits per heavy atom. The van der Waals surface area contributed by atoms with E-state index in [9.17, 15) is 40.9 Å². The second kappa shape index (κ2) is 55.1. The molecule has 0 spiro atoms. The van der Waals surface area contributed by atoms with E-state index in [1.165, 1.54) is 28.8 Å². The quantitative estimate of drug-likeness (QED) is 0.0998. The minimum Gasteiger partial charge on any atom is -1.00 e.